The van der Waals surface area contributed by atoms with Gasteiger partial charge in [0, 0.05) is 6.04 Å². The molecule has 3 heteroatoms. The Morgan fingerprint density at radius 3 is 2.70 bits per heavy atom. The molecule has 0 bridgehead atoms. The van der Waals surface area contributed by atoms with Crippen LogP contribution in [0.3, 0.4) is 0 Å². The molecule has 2 unspecified atom stereocenters. The fourth-order valence-electron chi connectivity index (χ4n) is 3.20. The minimum atomic E-state index is -0.297. The van der Waals surface area contributed by atoms with Crippen LogP contribution in [0.25, 0.3) is 0 Å². The zero-order valence-corrected chi connectivity index (χ0v) is 13.3. The van der Waals surface area contributed by atoms with Crippen LogP contribution in [0.4, 0.5) is 0 Å². The van der Waals surface area contributed by atoms with Crippen molar-refractivity contribution in [3.05, 3.63) is 0 Å². The van der Waals surface area contributed by atoms with Gasteiger partial charge >= 0.3 is 0 Å². The van der Waals surface area contributed by atoms with Gasteiger partial charge in [0.1, 0.15) is 5.54 Å². The van der Waals surface area contributed by atoms with Gasteiger partial charge in [0.2, 0.25) is 0 Å². The topological polar surface area (TPSA) is 39.1 Å². The SMILES string of the molecule is CC1CCCN(CCCCC(C)(C#N)NC2CC2)CC1. The molecule has 0 amide bonds. The van der Waals surface area contributed by atoms with E-state index in [1.807, 2.05) is 0 Å². The van der Waals surface area contributed by atoms with Gasteiger partial charge in [-0.1, -0.05) is 6.92 Å². The molecule has 1 aliphatic carbocycles. The van der Waals surface area contributed by atoms with Gasteiger partial charge in [-0.3, -0.25) is 5.32 Å². The summed E-state index contributed by atoms with van der Waals surface area (Å²) in [5, 5.41) is 12.8. The van der Waals surface area contributed by atoms with E-state index in [1.54, 1.807) is 0 Å². The molecule has 2 aliphatic rings. The zero-order valence-electron chi connectivity index (χ0n) is 13.3. The lowest BCUT2D eigenvalue weighted by Crippen LogP contribution is -2.42. The fraction of sp³-hybridized carbons (Fsp3) is 0.941. The van der Waals surface area contributed by atoms with Gasteiger partial charge in [-0.2, -0.15) is 5.26 Å². The molecular formula is C17H31N3. The Bertz CT molecular complexity index is 332. The first-order valence-corrected chi connectivity index (χ1v) is 8.52. The van der Waals surface area contributed by atoms with Crippen LogP contribution in [0.1, 0.15) is 65.2 Å². The predicted molar refractivity (Wildman–Crippen MR) is 83.5 cm³/mol. The van der Waals surface area contributed by atoms with Gasteiger partial charge < -0.3 is 4.90 Å². The van der Waals surface area contributed by atoms with Crippen molar-refractivity contribution in [2.24, 2.45) is 5.92 Å². The average molecular weight is 277 g/mol. The normalized spacial score (nSPS) is 27.6. The third-order valence-corrected chi connectivity index (χ3v) is 4.86. The lowest BCUT2D eigenvalue weighted by molar-refractivity contribution is 0.269. The maximum absolute atomic E-state index is 9.35. The van der Waals surface area contributed by atoms with Gasteiger partial charge in [0.15, 0.2) is 0 Å². The molecule has 3 nitrogen and oxygen atoms in total. The zero-order chi connectivity index (χ0) is 14.4. The Balaban J connectivity index is 1.61. The molecule has 2 fully saturated rings. The van der Waals surface area contributed by atoms with Gasteiger partial charge in [-0.15, -0.1) is 0 Å². The van der Waals surface area contributed by atoms with Crippen LogP contribution >= 0.6 is 0 Å². The number of nitrogens with one attached hydrogen (secondary N) is 1. The fourth-order valence-corrected chi connectivity index (χ4v) is 3.20. The Morgan fingerprint density at radius 1 is 1.20 bits per heavy atom. The van der Waals surface area contributed by atoms with E-state index in [0.29, 0.717) is 6.04 Å². The summed E-state index contributed by atoms with van der Waals surface area (Å²) in [6.07, 6.45) is 10.0. The van der Waals surface area contributed by atoms with E-state index < -0.39 is 0 Å². The van der Waals surface area contributed by atoms with Crippen molar-refractivity contribution in [1.29, 1.82) is 5.26 Å². The van der Waals surface area contributed by atoms with E-state index >= 15 is 0 Å². The van der Waals surface area contributed by atoms with Crippen molar-refractivity contribution in [3.63, 3.8) is 0 Å². The van der Waals surface area contributed by atoms with Crippen LogP contribution in [0.15, 0.2) is 0 Å². The van der Waals surface area contributed by atoms with Crippen LogP contribution in [-0.4, -0.2) is 36.1 Å². The molecule has 0 aromatic carbocycles. The van der Waals surface area contributed by atoms with E-state index in [2.05, 4.69) is 30.1 Å². The molecular weight excluding hydrogens is 246 g/mol. The van der Waals surface area contributed by atoms with Crippen molar-refractivity contribution in [1.82, 2.24) is 10.2 Å². The molecule has 0 radical (unpaired) electrons. The minimum Gasteiger partial charge on any atom is -0.303 e. The maximum Gasteiger partial charge on any atom is 0.104 e. The van der Waals surface area contributed by atoms with Crippen molar-refractivity contribution in [2.75, 3.05) is 19.6 Å². The van der Waals surface area contributed by atoms with Crippen molar-refractivity contribution >= 4 is 0 Å². The highest BCUT2D eigenvalue weighted by molar-refractivity contribution is 5.06. The summed E-state index contributed by atoms with van der Waals surface area (Å²) in [6, 6.07) is 3.10. The van der Waals surface area contributed by atoms with Crippen molar-refractivity contribution in [2.45, 2.75) is 76.8 Å². The molecule has 114 valence electrons. The Labute approximate surface area is 124 Å². The number of nitrogens with zero attached hydrogens (tertiary/aromatic N) is 2. The van der Waals surface area contributed by atoms with Crippen molar-refractivity contribution in [3.8, 4) is 6.07 Å². The van der Waals surface area contributed by atoms with Gasteiger partial charge in [0.25, 0.3) is 0 Å². The molecule has 2 rings (SSSR count). The van der Waals surface area contributed by atoms with E-state index in [9.17, 15) is 5.26 Å². The van der Waals surface area contributed by atoms with Crippen LogP contribution in [0.2, 0.25) is 0 Å². The number of unbranched alkanes of at least 4 members (excludes halogenated alkanes) is 1. The highest BCUT2D eigenvalue weighted by Crippen LogP contribution is 2.25. The first-order chi connectivity index (χ1) is 9.61. The molecule has 1 aliphatic heterocycles. The second-order valence-corrected chi connectivity index (χ2v) is 7.20. The Morgan fingerprint density at radius 2 is 2.00 bits per heavy atom. The molecule has 1 saturated heterocycles. The van der Waals surface area contributed by atoms with E-state index in [4.69, 9.17) is 0 Å². The minimum absolute atomic E-state index is 0.297. The predicted octanol–water partition coefficient (Wildman–Crippen LogP) is 3.31. The molecule has 2 atom stereocenters. The molecule has 1 heterocycles. The third kappa shape index (κ3) is 5.42. The largest absolute Gasteiger partial charge is 0.303 e. The van der Waals surface area contributed by atoms with Crippen LogP contribution in [0.5, 0.6) is 0 Å². The number of nitriles is 1. The molecule has 1 saturated carbocycles. The summed E-state index contributed by atoms with van der Waals surface area (Å²) >= 11 is 0. The first-order valence-electron chi connectivity index (χ1n) is 8.52. The lowest BCUT2D eigenvalue weighted by atomic mass is 9.96. The number of hydrogen-bond donors (Lipinski definition) is 1. The summed E-state index contributed by atoms with van der Waals surface area (Å²) in [4.78, 5) is 2.63. The van der Waals surface area contributed by atoms with Crippen molar-refractivity contribution < 1.29 is 0 Å². The Hall–Kier alpha value is -0.590. The lowest BCUT2D eigenvalue weighted by Gasteiger charge is -2.24. The maximum atomic E-state index is 9.35. The van der Waals surface area contributed by atoms with Crippen LogP contribution in [-0.2, 0) is 0 Å². The highest BCUT2D eigenvalue weighted by atomic mass is 15.1. The summed E-state index contributed by atoms with van der Waals surface area (Å²) in [5.41, 5.74) is -0.297. The molecule has 0 aromatic heterocycles. The van der Waals surface area contributed by atoms with Crippen LogP contribution in [0, 0.1) is 17.2 Å². The summed E-state index contributed by atoms with van der Waals surface area (Å²) in [7, 11) is 0. The highest BCUT2D eigenvalue weighted by Gasteiger charge is 2.31. The Kier molecular flexibility index (Phi) is 5.86. The second kappa shape index (κ2) is 7.43. The summed E-state index contributed by atoms with van der Waals surface area (Å²) in [6.45, 7) is 8.22. The van der Waals surface area contributed by atoms with Gasteiger partial charge in [-0.05, 0) is 83.8 Å². The monoisotopic (exact) mass is 277 g/mol. The molecule has 20 heavy (non-hydrogen) atoms. The molecule has 1 N–H and O–H groups in total. The van der Waals surface area contributed by atoms with E-state index in [1.165, 1.54) is 58.2 Å². The van der Waals surface area contributed by atoms with Gasteiger partial charge in [0.05, 0.1) is 6.07 Å². The average Bonchev–Trinajstić information content (AvgIpc) is 3.24. The standard InChI is InChI=1S/C17H31N3/c1-15-6-5-12-20(13-9-15)11-4-3-10-17(2,14-18)19-16-7-8-16/h15-16,19H,3-13H2,1-2H3. The molecule has 0 spiro atoms. The molecule has 0 aromatic rings. The smallest absolute Gasteiger partial charge is 0.104 e. The van der Waals surface area contributed by atoms with E-state index in [0.717, 1.165) is 18.8 Å². The third-order valence-electron chi connectivity index (χ3n) is 4.86. The summed E-state index contributed by atoms with van der Waals surface area (Å²) in [5.74, 6) is 0.907. The van der Waals surface area contributed by atoms with Gasteiger partial charge in [-0.25, -0.2) is 0 Å². The number of rotatable bonds is 7. The second-order valence-electron chi connectivity index (χ2n) is 7.20. The number of hydrogen-bond acceptors (Lipinski definition) is 3. The van der Waals surface area contributed by atoms with Crippen LogP contribution < -0.4 is 5.32 Å². The first kappa shape index (κ1) is 15.8. The van der Waals surface area contributed by atoms with E-state index in [-0.39, 0.29) is 5.54 Å². The quantitative estimate of drug-likeness (QED) is 0.726. The summed E-state index contributed by atoms with van der Waals surface area (Å²) < 4.78 is 0. The number of likely N-dealkylation sites (tertiary alicyclic amines) is 1.